The lowest BCUT2D eigenvalue weighted by Crippen LogP contribution is -2.35. The first kappa shape index (κ1) is 18.5. The number of likely N-dealkylation sites (N-methyl/N-ethyl adjacent to an activating group) is 1. The first-order valence-corrected chi connectivity index (χ1v) is 9.06. The summed E-state index contributed by atoms with van der Waals surface area (Å²) in [7, 11) is 1.93. The molecule has 0 radical (unpaired) electrons. The molecule has 5 nitrogen and oxygen atoms in total. The zero-order valence-electron chi connectivity index (χ0n) is 14.8. The fourth-order valence-corrected chi connectivity index (χ4v) is 2.98. The van der Waals surface area contributed by atoms with Crippen LogP contribution in [-0.2, 0) is 17.8 Å². The molecule has 1 aliphatic rings. The second-order valence-electron chi connectivity index (χ2n) is 6.38. The van der Waals surface area contributed by atoms with Crippen molar-refractivity contribution in [3.63, 3.8) is 0 Å². The van der Waals surface area contributed by atoms with Gasteiger partial charge < -0.3 is 14.8 Å². The maximum absolute atomic E-state index is 12.1. The topological polar surface area (TPSA) is 50.8 Å². The van der Waals surface area contributed by atoms with E-state index >= 15 is 0 Å². The van der Waals surface area contributed by atoms with Crippen LogP contribution in [0.2, 0.25) is 5.02 Å². The predicted octanol–water partition coefficient (Wildman–Crippen LogP) is 2.90. The summed E-state index contributed by atoms with van der Waals surface area (Å²) in [6, 6.07) is 13.6. The molecule has 0 aromatic heterocycles. The number of hydrogen-bond acceptors (Lipinski definition) is 4. The average molecular weight is 375 g/mol. The van der Waals surface area contributed by atoms with Gasteiger partial charge in [0.05, 0.1) is 6.54 Å². The number of rotatable bonds is 7. The molecule has 0 unspecified atom stereocenters. The fourth-order valence-electron chi connectivity index (χ4n) is 2.85. The Hall–Kier alpha value is -2.24. The Labute approximate surface area is 158 Å². The summed E-state index contributed by atoms with van der Waals surface area (Å²) in [5.41, 5.74) is 2.24. The first-order chi connectivity index (χ1) is 12.6. The number of halogens is 1. The molecule has 2 aromatic rings. The van der Waals surface area contributed by atoms with E-state index in [2.05, 4.69) is 5.32 Å². The highest BCUT2D eigenvalue weighted by molar-refractivity contribution is 6.30. The zero-order chi connectivity index (χ0) is 18.4. The monoisotopic (exact) mass is 374 g/mol. The summed E-state index contributed by atoms with van der Waals surface area (Å²) in [6.45, 7) is 2.78. The Morgan fingerprint density at radius 3 is 2.54 bits per heavy atom. The van der Waals surface area contributed by atoms with Gasteiger partial charge in [-0.3, -0.25) is 9.69 Å². The third kappa shape index (κ3) is 5.38. The number of hydrogen-bond donors (Lipinski definition) is 1. The number of benzene rings is 2. The fraction of sp³-hybridized carbons (Fsp3) is 0.350. The van der Waals surface area contributed by atoms with Gasteiger partial charge in [0.2, 0.25) is 5.91 Å². The molecule has 0 spiro atoms. The van der Waals surface area contributed by atoms with Gasteiger partial charge in [-0.15, -0.1) is 0 Å². The number of amides is 1. The standard InChI is InChI=1S/C20H23ClN2O3/c1-23(13-16-4-7-18-19(12-16)26-11-10-25-18)14-20(24)22-9-8-15-2-5-17(21)6-3-15/h2-7,12H,8-11,13-14H2,1H3,(H,22,24). The lowest BCUT2D eigenvalue weighted by atomic mass is 10.1. The van der Waals surface area contributed by atoms with Crippen LogP contribution in [0.3, 0.4) is 0 Å². The van der Waals surface area contributed by atoms with Crippen LogP contribution in [0.15, 0.2) is 42.5 Å². The summed E-state index contributed by atoms with van der Waals surface area (Å²) in [5, 5.41) is 3.67. The third-order valence-corrected chi connectivity index (χ3v) is 4.37. The van der Waals surface area contributed by atoms with Crippen LogP contribution in [0.4, 0.5) is 0 Å². The van der Waals surface area contributed by atoms with Gasteiger partial charge in [0.1, 0.15) is 13.2 Å². The van der Waals surface area contributed by atoms with Crippen molar-refractivity contribution in [1.29, 1.82) is 0 Å². The highest BCUT2D eigenvalue weighted by atomic mass is 35.5. The molecule has 26 heavy (non-hydrogen) atoms. The molecule has 6 heteroatoms. The van der Waals surface area contributed by atoms with Crippen molar-refractivity contribution in [3.05, 3.63) is 58.6 Å². The number of fused-ring (bicyclic) bond motifs is 1. The van der Waals surface area contributed by atoms with E-state index in [1.165, 1.54) is 0 Å². The molecule has 0 atom stereocenters. The summed E-state index contributed by atoms with van der Waals surface area (Å²) in [6.07, 6.45) is 0.786. The molecule has 1 amide bonds. The Morgan fingerprint density at radius 1 is 1.08 bits per heavy atom. The third-order valence-electron chi connectivity index (χ3n) is 4.12. The van der Waals surface area contributed by atoms with Crippen molar-refractivity contribution in [3.8, 4) is 11.5 Å². The van der Waals surface area contributed by atoms with Gasteiger partial charge in [0.25, 0.3) is 0 Å². The van der Waals surface area contributed by atoms with E-state index < -0.39 is 0 Å². The Morgan fingerprint density at radius 2 is 1.77 bits per heavy atom. The summed E-state index contributed by atoms with van der Waals surface area (Å²) >= 11 is 5.87. The van der Waals surface area contributed by atoms with Crippen molar-refractivity contribution >= 4 is 17.5 Å². The molecule has 138 valence electrons. The number of ether oxygens (including phenoxy) is 2. The quantitative estimate of drug-likeness (QED) is 0.809. The lowest BCUT2D eigenvalue weighted by molar-refractivity contribution is -0.122. The van der Waals surface area contributed by atoms with Crippen molar-refractivity contribution in [2.45, 2.75) is 13.0 Å². The van der Waals surface area contributed by atoms with E-state index in [0.717, 1.165) is 34.1 Å². The normalized spacial score (nSPS) is 12.9. The molecule has 3 rings (SSSR count). The maximum Gasteiger partial charge on any atom is 0.234 e. The summed E-state index contributed by atoms with van der Waals surface area (Å²) in [5.74, 6) is 1.57. The van der Waals surface area contributed by atoms with Crippen LogP contribution in [0, 0.1) is 0 Å². The Balaban J connectivity index is 1.41. The number of nitrogens with zero attached hydrogens (tertiary/aromatic N) is 1. The first-order valence-electron chi connectivity index (χ1n) is 8.68. The van der Waals surface area contributed by atoms with Gasteiger partial charge in [-0.25, -0.2) is 0 Å². The van der Waals surface area contributed by atoms with Crippen LogP contribution in [0.25, 0.3) is 0 Å². The zero-order valence-corrected chi connectivity index (χ0v) is 15.6. The molecule has 1 N–H and O–H groups in total. The number of carbonyl (C=O) groups is 1. The van der Waals surface area contributed by atoms with E-state index in [0.29, 0.717) is 32.8 Å². The largest absolute Gasteiger partial charge is 0.486 e. The van der Waals surface area contributed by atoms with Crippen LogP contribution < -0.4 is 14.8 Å². The van der Waals surface area contributed by atoms with Crippen molar-refractivity contribution in [2.24, 2.45) is 0 Å². The van der Waals surface area contributed by atoms with Gasteiger partial charge in [-0.05, 0) is 48.9 Å². The van der Waals surface area contributed by atoms with Crippen molar-refractivity contribution in [2.75, 3.05) is 33.4 Å². The molecule has 0 fully saturated rings. The molecule has 0 saturated carbocycles. The van der Waals surface area contributed by atoms with Gasteiger partial charge in [0, 0.05) is 18.1 Å². The molecule has 1 heterocycles. The SMILES string of the molecule is CN(CC(=O)NCCc1ccc(Cl)cc1)Cc1ccc2c(c1)OCCO2. The summed E-state index contributed by atoms with van der Waals surface area (Å²) in [4.78, 5) is 14.1. The molecule has 0 bridgehead atoms. The van der Waals surface area contributed by atoms with Gasteiger partial charge >= 0.3 is 0 Å². The maximum atomic E-state index is 12.1. The predicted molar refractivity (Wildman–Crippen MR) is 102 cm³/mol. The van der Waals surface area contributed by atoms with Crippen molar-refractivity contribution < 1.29 is 14.3 Å². The van der Waals surface area contributed by atoms with E-state index in [1.807, 2.05) is 54.4 Å². The van der Waals surface area contributed by atoms with Crippen LogP contribution >= 0.6 is 11.6 Å². The Kier molecular flexibility index (Phi) is 6.36. The highest BCUT2D eigenvalue weighted by Crippen LogP contribution is 2.30. The summed E-state index contributed by atoms with van der Waals surface area (Å²) < 4.78 is 11.1. The van der Waals surface area contributed by atoms with Gasteiger partial charge in [-0.1, -0.05) is 29.8 Å². The lowest BCUT2D eigenvalue weighted by Gasteiger charge is -2.21. The smallest absolute Gasteiger partial charge is 0.234 e. The van der Waals surface area contributed by atoms with E-state index in [1.54, 1.807) is 0 Å². The average Bonchev–Trinajstić information content (AvgIpc) is 2.63. The van der Waals surface area contributed by atoms with Crippen LogP contribution in [0.5, 0.6) is 11.5 Å². The molecule has 0 saturated heterocycles. The second kappa shape index (κ2) is 8.92. The van der Waals surface area contributed by atoms with Crippen LogP contribution in [0.1, 0.15) is 11.1 Å². The molecule has 0 aliphatic carbocycles. The second-order valence-corrected chi connectivity index (χ2v) is 6.81. The van der Waals surface area contributed by atoms with E-state index in [-0.39, 0.29) is 5.91 Å². The van der Waals surface area contributed by atoms with E-state index in [4.69, 9.17) is 21.1 Å². The minimum absolute atomic E-state index is 0.0130. The minimum atomic E-state index is 0.0130. The van der Waals surface area contributed by atoms with Gasteiger partial charge in [0.15, 0.2) is 11.5 Å². The Bertz CT molecular complexity index is 749. The highest BCUT2D eigenvalue weighted by Gasteiger charge is 2.13. The molecule has 2 aromatic carbocycles. The van der Waals surface area contributed by atoms with Crippen molar-refractivity contribution in [1.82, 2.24) is 10.2 Å². The number of carbonyl (C=O) groups excluding carboxylic acids is 1. The van der Waals surface area contributed by atoms with Crippen LogP contribution in [-0.4, -0.2) is 44.2 Å². The minimum Gasteiger partial charge on any atom is -0.486 e. The van der Waals surface area contributed by atoms with E-state index in [9.17, 15) is 4.79 Å². The number of nitrogens with one attached hydrogen (secondary N) is 1. The van der Waals surface area contributed by atoms with Gasteiger partial charge in [-0.2, -0.15) is 0 Å². The molecular formula is C20H23ClN2O3. The molecular weight excluding hydrogens is 352 g/mol. The molecule has 1 aliphatic heterocycles.